The molecule has 0 spiro atoms. The fraction of sp³-hybridized carbons (Fsp3) is 0.167. The minimum atomic E-state index is -0.277. The van der Waals surface area contributed by atoms with Gasteiger partial charge in [-0.15, -0.1) is 0 Å². The van der Waals surface area contributed by atoms with Crippen LogP contribution in [0.4, 0.5) is 17.2 Å². The van der Waals surface area contributed by atoms with Crippen LogP contribution in [0.15, 0.2) is 71.9 Å². The van der Waals surface area contributed by atoms with Crippen LogP contribution in [-0.4, -0.2) is 29.1 Å². The maximum Gasteiger partial charge on any atom is 0.244 e. The third-order valence-electron chi connectivity index (χ3n) is 5.05. The summed E-state index contributed by atoms with van der Waals surface area (Å²) in [5.74, 6) is -0.0997. The number of nitrogens with zero attached hydrogens (tertiary/aromatic N) is 3. The number of rotatable bonds is 4. The van der Waals surface area contributed by atoms with E-state index in [9.17, 15) is 9.59 Å². The van der Waals surface area contributed by atoms with Crippen molar-refractivity contribution in [3.8, 4) is 0 Å². The number of fused-ring (bicyclic) bond motifs is 1. The van der Waals surface area contributed by atoms with E-state index in [2.05, 4.69) is 15.3 Å². The maximum absolute atomic E-state index is 13.1. The van der Waals surface area contributed by atoms with E-state index in [1.165, 1.54) is 4.90 Å². The van der Waals surface area contributed by atoms with Crippen LogP contribution >= 0.6 is 0 Å². The summed E-state index contributed by atoms with van der Waals surface area (Å²) in [5, 5.41) is 2.94. The molecule has 0 bridgehead atoms. The highest BCUT2D eigenvalue weighted by Crippen LogP contribution is 2.31. The van der Waals surface area contributed by atoms with Gasteiger partial charge in [0.25, 0.3) is 0 Å². The summed E-state index contributed by atoms with van der Waals surface area (Å²) in [7, 11) is 0. The van der Waals surface area contributed by atoms with Gasteiger partial charge in [0, 0.05) is 11.9 Å². The lowest BCUT2D eigenvalue weighted by Gasteiger charge is -2.21. The Morgan fingerprint density at radius 2 is 1.73 bits per heavy atom. The third kappa shape index (κ3) is 3.98. The zero-order chi connectivity index (χ0) is 21.1. The van der Waals surface area contributed by atoms with Gasteiger partial charge in [0.2, 0.25) is 11.8 Å². The molecule has 2 heterocycles. The highest BCUT2D eigenvalue weighted by molar-refractivity contribution is 6.18. The lowest BCUT2D eigenvalue weighted by molar-refractivity contribution is -0.120. The van der Waals surface area contributed by atoms with Crippen molar-refractivity contribution < 1.29 is 9.59 Å². The molecule has 6 nitrogen and oxygen atoms in total. The molecule has 0 radical (unpaired) electrons. The van der Waals surface area contributed by atoms with Gasteiger partial charge in [0.05, 0.1) is 12.1 Å². The SMILES string of the molecule is Cc1cccc(C)c1NC(=O)CN1C(=O)CC(c2ccccc2)=Nc2cccnc21. The fourth-order valence-corrected chi connectivity index (χ4v) is 3.52. The van der Waals surface area contributed by atoms with Crippen molar-refractivity contribution >= 4 is 34.7 Å². The summed E-state index contributed by atoms with van der Waals surface area (Å²) in [6.07, 6.45) is 1.70. The fourth-order valence-electron chi connectivity index (χ4n) is 3.52. The topological polar surface area (TPSA) is 74.7 Å². The lowest BCUT2D eigenvalue weighted by atomic mass is 10.1. The summed E-state index contributed by atoms with van der Waals surface area (Å²) in [6.45, 7) is 3.75. The van der Waals surface area contributed by atoms with E-state index in [4.69, 9.17) is 0 Å². The maximum atomic E-state index is 13.1. The number of aromatic nitrogens is 1. The van der Waals surface area contributed by atoms with E-state index < -0.39 is 0 Å². The number of benzene rings is 2. The average molecular weight is 398 g/mol. The summed E-state index contributed by atoms with van der Waals surface area (Å²) >= 11 is 0. The molecule has 3 aromatic rings. The number of para-hydroxylation sites is 1. The van der Waals surface area contributed by atoms with Crippen LogP contribution in [0.3, 0.4) is 0 Å². The Morgan fingerprint density at radius 1 is 1.00 bits per heavy atom. The van der Waals surface area contributed by atoms with Crippen molar-refractivity contribution in [2.24, 2.45) is 4.99 Å². The Kier molecular flexibility index (Phi) is 5.39. The first-order valence-electron chi connectivity index (χ1n) is 9.77. The van der Waals surface area contributed by atoms with E-state index in [1.807, 2.05) is 62.4 Å². The van der Waals surface area contributed by atoms with Gasteiger partial charge in [0.1, 0.15) is 12.2 Å². The molecule has 150 valence electrons. The summed E-state index contributed by atoms with van der Waals surface area (Å²) in [5.41, 5.74) is 4.82. The number of carbonyl (C=O) groups excluding carboxylic acids is 2. The Labute approximate surface area is 175 Å². The van der Waals surface area contributed by atoms with Gasteiger partial charge in [-0.2, -0.15) is 0 Å². The number of carbonyl (C=O) groups is 2. The lowest BCUT2D eigenvalue weighted by Crippen LogP contribution is -2.39. The quantitative estimate of drug-likeness (QED) is 0.716. The molecule has 1 aromatic heterocycles. The highest BCUT2D eigenvalue weighted by Gasteiger charge is 2.27. The zero-order valence-electron chi connectivity index (χ0n) is 16.9. The predicted octanol–water partition coefficient (Wildman–Crippen LogP) is 4.19. The number of amides is 2. The third-order valence-corrected chi connectivity index (χ3v) is 5.05. The molecule has 1 aliphatic heterocycles. The van der Waals surface area contributed by atoms with Crippen LogP contribution in [0.25, 0.3) is 0 Å². The first-order chi connectivity index (χ1) is 14.5. The number of pyridine rings is 1. The normalized spacial score (nSPS) is 13.3. The minimum Gasteiger partial charge on any atom is -0.324 e. The van der Waals surface area contributed by atoms with Gasteiger partial charge in [-0.05, 0) is 42.7 Å². The number of anilines is 2. The van der Waals surface area contributed by atoms with Crippen molar-refractivity contribution in [2.75, 3.05) is 16.8 Å². The van der Waals surface area contributed by atoms with Gasteiger partial charge < -0.3 is 5.32 Å². The number of hydrogen-bond acceptors (Lipinski definition) is 4. The smallest absolute Gasteiger partial charge is 0.244 e. The van der Waals surface area contributed by atoms with Crippen LogP contribution in [0.1, 0.15) is 23.1 Å². The summed E-state index contributed by atoms with van der Waals surface area (Å²) in [4.78, 5) is 36.4. The second-order valence-corrected chi connectivity index (χ2v) is 7.24. The second-order valence-electron chi connectivity index (χ2n) is 7.24. The van der Waals surface area contributed by atoms with Crippen LogP contribution in [-0.2, 0) is 9.59 Å². The van der Waals surface area contributed by atoms with Crippen LogP contribution in [0, 0.1) is 13.8 Å². The molecular formula is C24H22N4O2. The first-order valence-corrected chi connectivity index (χ1v) is 9.77. The van der Waals surface area contributed by atoms with Gasteiger partial charge in [-0.1, -0.05) is 48.5 Å². The monoisotopic (exact) mass is 398 g/mol. The molecule has 2 aromatic carbocycles. The molecule has 0 unspecified atom stereocenters. The Bertz CT molecular complexity index is 1120. The average Bonchev–Trinajstić information content (AvgIpc) is 2.88. The molecule has 2 amide bonds. The van der Waals surface area contributed by atoms with E-state index >= 15 is 0 Å². The molecule has 0 fully saturated rings. The second kappa shape index (κ2) is 8.29. The van der Waals surface area contributed by atoms with Crippen LogP contribution in [0.2, 0.25) is 0 Å². The molecule has 6 heteroatoms. The molecule has 0 aliphatic carbocycles. The van der Waals surface area contributed by atoms with Crippen molar-refractivity contribution in [3.63, 3.8) is 0 Å². The number of aryl methyl sites for hydroxylation is 2. The molecule has 4 rings (SSSR count). The molecule has 0 saturated heterocycles. The van der Waals surface area contributed by atoms with E-state index in [1.54, 1.807) is 18.3 Å². The minimum absolute atomic E-state index is 0.0943. The van der Waals surface area contributed by atoms with Crippen molar-refractivity contribution in [1.82, 2.24) is 4.98 Å². The Morgan fingerprint density at radius 3 is 2.47 bits per heavy atom. The van der Waals surface area contributed by atoms with Crippen LogP contribution < -0.4 is 10.2 Å². The number of hydrogen-bond donors (Lipinski definition) is 1. The highest BCUT2D eigenvalue weighted by atomic mass is 16.2. The first kappa shape index (κ1) is 19.5. The number of aliphatic imine (C=N–C) groups is 1. The molecule has 30 heavy (non-hydrogen) atoms. The molecule has 0 atom stereocenters. The number of nitrogens with one attached hydrogen (secondary N) is 1. The Hall–Kier alpha value is -3.80. The van der Waals surface area contributed by atoms with Crippen molar-refractivity contribution in [2.45, 2.75) is 20.3 Å². The van der Waals surface area contributed by atoms with Gasteiger partial charge in [-0.3, -0.25) is 14.5 Å². The van der Waals surface area contributed by atoms with E-state index in [0.717, 1.165) is 22.4 Å². The summed E-state index contributed by atoms with van der Waals surface area (Å²) in [6, 6.07) is 19.0. The van der Waals surface area contributed by atoms with Crippen molar-refractivity contribution in [3.05, 3.63) is 83.6 Å². The van der Waals surface area contributed by atoms with Gasteiger partial charge in [0.15, 0.2) is 5.82 Å². The van der Waals surface area contributed by atoms with Crippen LogP contribution in [0.5, 0.6) is 0 Å². The predicted molar refractivity (Wildman–Crippen MR) is 118 cm³/mol. The molecule has 1 aliphatic rings. The zero-order valence-corrected chi connectivity index (χ0v) is 16.9. The van der Waals surface area contributed by atoms with Gasteiger partial charge in [-0.25, -0.2) is 9.98 Å². The van der Waals surface area contributed by atoms with E-state index in [0.29, 0.717) is 17.2 Å². The largest absolute Gasteiger partial charge is 0.324 e. The molecular weight excluding hydrogens is 376 g/mol. The van der Waals surface area contributed by atoms with E-state index in [-0.39, 0.29) is 24.8 Å². The van der Waals surface area contributed by atoms with Gasteiger partial charge >= 0.3 is 0 Å². The van der Waals surface area contributed by atoms with Crippen molar-refractivity contribution in [1.29, 1.82) is 0 Å². The summed E-state index contributed by atoms with van der Waals surface area (Å²) < 4.78 is 0. The molecule has 1 N–H and O–H groups in total. The Balaban J connectivity index is 1.62. The standard InChI is InChI=1S/C24H22N4O2/c1-16-8-6-9-17(2)23(16)27-21(29)15-28-22(30)14-20(18-10-4-3-5-11-18)26-19-12-7-13-25-24(19)28/h3-13H,14-15H2,1-2H3,(H,27,29). The molecule has 0 saturated carbocycles.